The summed E-state index contributed by atoms with van der Waals surface area (Å²) in [5, 5.41) is 14.7. The number of hydrogen-bond donors (Lipinski definition) is 0. The monoisotopic (exact) mass is 343 g/mol. The van der Waals surface area contributed by atoms with E-state index in [4.69, 9.17) is 26.1 Å². The summed E-state index contributed by atoms with van der Waals surface area (Å²) in [5.74, 6) is 1.40. The second-order valence-electron chi connectivity index (χ2n) is 4.41. The summed E-state index contributed by atoms with van der Waals surface area (Å²) in [4.78, 5) is 5.20. The number of benzene rings is 1. The summed E-state index contributed by atoms with van der Waals surface area (Å²) >= 11 is 7.76. The van der Waals surface area contributed by atoms with Crippen LogP contribution in [0.3, 0.4) is 0 Å². The highest BCUT2D eigenvalue weighted by Gasteiger charge is 2.12. The molecule has 0 saturated heterocycles. The number of halogens is 1. The molecule has 0 aliphatic rings. The van der Waals surface area contributed by atoms with Crippen LogP contribution in [0.5, 0.6) is 5.75 Å². The molecule has 2 aromatic heterocycles. The van der Waals surface area contributed by atoms with Crippen molar-refractivity contribution in [1.82, 2.24) is 10.1 Å². The molecule has 7 heteroatoms. The molecule has 0 aliphatic heterocycles. The smallest absolute Gasteiger partial charge is 0.269 e. The van der Waals surface area contributed by atoms with Crippen LogP contribution in [0.25, 0.3) is 21.8 Å². The van der Waals surface area contributed by atoms with Gasteiger partial charge in [0.25, 0.3) is 5.89 Å². The molecule has 3 aromatic rings. The van der Waals surface area contributed by atoms with Crippen molar-refractivity contribution in [3.8, 4) is 22.5 Å². The summed E-state index contributed by atoms with van der Waals surface area (Å²) < 4.78 is 10.4. The van der Waals surface area contributed by atoms with E-state index < -0.39 is 0 Å². The minimum absolute atomic E-state index is 0.0173. The van der Waals surface area contributed by atoms with Gasteiger partial charge < -0.3 is 9.26 Å². The van der Waals surface area contributed by atoms with Crippen molar-refractivity contribution >= 4 is 34.0 Å². The first-order valence-electron chi connectivity index (χ1n) is 6.61. The van der Waals surface area contributed by atoms with Crippen molar-refractivity contribution in [2.45, 2.75) is 0 Å². The minimum Gasteiger partial charge on any atom is -0.479 e. The molecular formula is C16H10ClN3O2S. The fourth-order valence-corrected chi connectivity index (χ4v) is 2.66. The average molecular weight is 344 g/mol. The van der Waals surface area contributed by atoms with E-state index in [0.717, 1.165) is 10.4 Å². The van der Waals surface area contributed by atoms with Crippen LogP contribution in [0.15, 0.2) is 46.3 Å². The Labute approximate surface area is 141 Å². The Morgan fingerprint density at radius 3 is 2.87 bits per heavy atom. The normalized spacial score (nSPS) is 11.2. The predicted molar refractivity (Wildman–Crippen MR) is 88.9 cm³/mol. The van der Waals surface area contributed by atoms with E-state index in [1.165, 1.54) is 11.3 Å². The summed E-state index contributed by atoms with van der Waals surface area (Å²) in [7, 11) is 0. The fraction of sp³-hybridized carbons (Fsp3) is 0.0625. The highest BCUT2D eigenvalue weighted by atomic mass is 35.5. The molecular weight excluding hydrogens is 334 g/mol. The Balaban J connectivity index is 1.76. The van der Waals surface area contributed by atoms with Gasteiger partial charge in [-0.1, -0.05) is 35.0 Å². The number of aromatic nitrogens is 2. The van der Waals surface area contributed by atoms with Crippen molar-refractivity contribution in [2.75, 3.05) is 6.61 Å². The Morgan fingerprint density at radius 2 is 2.17 bits per heavy atom. The van der Waals surface area contributed by atoms with Gasteiger partial charge in [-0.05, 0) is 35.2 Å². The van der Waals surface area contributed by atoms with Gasteiger partial charge in [0.2, 0.25) is 5.82 Å². The lowest BCUT2D eigenvalue weighted by Crippen LogP contribution is -1.92. The van der Waals surface area contributed by atoms with Crippen LogP contribution in [-0.4, -0.2) is 16.7 Å². The van der Waals surface area contributed by atoms with E-state index in [-0.39, 0.29) is 12.5 Å². The van der Waals surface area contributed by atoms with Gasteiger partial charge in [-0.2, -0.15) is 10.2 Å². The van der Waals surface area contributed by atoms with Crippen LogP contribution < -0.4 is 4.74 Å². The molecule has 0 atom stereocenters. The molecule has 23 heavy (non-hydrogen) atoms. The lowest BCUT2D eigenvalue weighted by atomic mass is 10.2. The zero-order valence-corrected chi connectivity index (χ0v) is 13.3. The highest BCUT2D eigenvalue weighted by molar-refractivity contribution is 7.13. The summed E-state index contributed by atoms with van der Waals surface area (Å²) in [6.45, 7) is 0.0173. The Bertz CT molecular complexity index is 848. The van der Waals surface area contributed by atoms with E-state index in [2.05, 4.69) is 10.1 Å². The van der Waals surface area contributed by atoms with Crippen molar-refractivity contribution in [3.63, 3.8) is 0 Å². The van der Waals surface area contributed by atoms with Gasteiger partial charge in [0.15, 0.2) is 6.61 Å². The number of hydrogen-bond acceptors (Lipinski definition) is 6. The SMILES string of the molecule is N#CCOc1ccc(/C=C(\Cl)c2nc(-c3cccs3)no2)cc1. The van der Waals surface area contributed by atoms with Gasteiger partial charge in [-0.25, -0.2) is 0 Å². The number of rotatable bonds is 5. The second kappa shape index (κ2) is 7.09. The number of nitriles is 1. The molecule has 0 saturated carbocycles. The third kappa shape index (κ3) is 3.77. The molecule has 3 rings (SSSR count). The van der Waals surface area contributed by atoms with Crippen molar-refractivity contribution in [1.29, 1.82) is 5.26 Å². The largest absolute Gasteiger partial charge is 0.479 e. The van der Waals surface area contributed by atoms with E-state index >= 15 is 0 Å². The lowest BCUT2D eigenvalue weighted by Gasteiger charge is -2.01. The molecule has 0 bridgehead atoms. The van der Waals surface area contributed by atoms with Crippen LogP contribution in [0, 0.1) is 11.3 Å². The quantitative estimate of drug-likeness (QED) is 0.685. The Hall–Kier alpha value is -2.62. The third-order valence-electron chi connectivity index (χ3n) is 2.85. The van der Waals surface area contributed by atoms with Gasteiger partial charge >= 0.3 is 0 Å². The molecule has 0 spiro atoms. The summed E-state index contributed by atoms with van der Waals surface area (Å²) in [6.07, 6.45) is 1.72. The van der Waals surface area contributed by atoms with Crippen LogP contribution >= 0.6 is 22.9 Å². The third-order valence-corrected chi connectivity index (χ3v) is 3.99. The first-order valence-corrected chi connectivity index (χ1v) is 7.87. The van der Waals surface area contributed by atoms with E-state index in [1.807, 2.05) is 35.7 Å². The van der Waals surface area contributed by atoms with Gasteiger partial charge in [0, 0.05) is 0 Å². The molecule has 0 aliphatic carbocycles. The van der Waals surface area contributed by atoms with E-state index in [1.54, 1.807) is 18.2 Å². The molecule has 0 unspecified atom stereocenters. The minimum atomic E-state index is 0.0173. The molecule has 0 N–H and O–H groups in total. The van der Waals surface area contributed by atoms with E-state index in [0.29, 0.717) is 16.6 Å². The molecule has 5 nitrogen and oxygen atoms in total. The maximum absolute atomic E-state index is 8.47. The summed E-state index contributed by atoms with van der Waals surface area (Å²) in [5.41, 5.74) is 0.857. The molecule has 114 valence electrons. The Kier molecular flexibility index (Phi) is 4.71. The second-order valence-corrected chi connectivity index (χ2v) is 5.76. The predicted octanol–water partition coefficient (Wildman–Crippen LogP) is 4.44. The van der Waals surface area contributed by atoms with Crippen LogP contribution in [0.2, 0.25) is 0 Å². The van der Waals surface area contributed by atoms with Gasteiger partial charge in [-0.3, -0.25) is 0 Å². The zero-order chi connectivity index (χ0) is 16.1. The van der Waals surface area contributed by atoms with E-state index in [9.17, 15) is 0 Å². The van der Waals surface area contributed by atoms with Crippen LogP contribution in [0.4, 0.5) is 0 Å². The molecule has 1 aromatic carbocycles. The lowest BCUT2D eigenvalue weighted by molar-refractivity contribution is 0.368. The maximum atomic E-state index is 8.47. The van der Waals surface area contributed by atoms with Crippen molar-refractivity contribution < 1.29 is 9.26 Å². The molecule has 2 heterocycles. The van der Waals surface area contributed by atoms with Gasteiger partial charge in [-0.15, -0.1) is 11.3 Å². The highest BCUT2D eigenvalue weighted by Crippen LogP contribution is 2.26. The summed E-state index contributed by atoms with van der Waals surface area (Å²) in [6, 6.07) is 12.9. The fourth-order valence-electron chi connectivity index (χ4n) is 1.81. The Morgan fingerprint density at radius 1 is 1.35 bits per heavy atom. The van der Waals surface area contributed by atoms with Gasteiger partial charge in [0.05, 0.1) is 4.88 Å². The number of nitrogens with zero attached hydrogens (tertiary/aromatic N) is 3. The van der Waals surface area contributed by atoms with Gasteiger partial charge in [0.1, 0.15) is 16.9 Å². The van der Waals surface area contributed by atoms with Crippen LogP contribution in [0.1, 0.15) is 11.5 Å². The van der Waals surface area contributed by atoms with Crippen molar-refractivity contribution in [2.24, 2.45) is 0 Å². The average Bonchev–Trinajstić information content (AvgIpc) is 3.25. The molecule has 0 fully saturated rings. The molecule has 0 amide bonds. The molecule has 0 radical (unpaired) electrons. The first-order chi connectivity index (χ1) is 11.3. The topological polar surface area (TPSA) is 71.9 Å². The van der Waals surface area contributed by atoms with Crippen molar-refractivity contribution in [3.05, 3.63) is 53.2 Å². The first kappa shape index (κ1) is 15.3. The maximum Gasteiger partial charge on any atom is 0.269 e. The standard InChI is InChI=1S/C16H10ClN3O2S/c17-13(10-11-3-5-12(6-4-11)21-8-7-18)16-19-15(20-22-16)14-2-1-9-23-14/h1-6,9-10H,8H2/b13-10-. The number of ether oxygens (including phenoxy) is 1. The van der Waals surface area contributed by atoms with Crippen LogP contribution in [-0.2, 0) is 0 Å². The zero-order valence-electron chi connectivity index (χ0n) is 11.8. The number of thiophene rings is 1.